The van der Waals surface area contributed by atoms with Gasteiger partial charge >= 0.3 is 0 Å². The van der Waals surface area contributed by atoms with Crippen molar-refractivity contribution >= 4 is 5.91 Å². The highest BCUT2D eigenvalue weighted by Gasteiger charge is 2.37. The monoisotopic (exact) mass is 247 g/mol. The lowest BCUT2D eigenvalue weighted by atomic mass is 10.1. The van der Waals surface area contributed by atoms with Crippen LogP contribution in [0.15, 0.2) is 11.5 Å². The number of ether oxygens (including phenoxy) is 2. The van der Waals surface area contributed by atoms with Crippen molar-refractivity contribution in [1.29, 1.82) is 0 Å². The van der Waals surface area contributed by atoms with Crippen LogP contribution in [0.25, 0.3) is 0 Å². The molecule has 0 bridgehead atoms. The molecule has 0 spiro atoms. The Labute approximate surface area is 98.2 Å². The molecule has 0 saturated carbocycles. The summed E-state index contributed by atoms with van der Waals surface area (Å²) in [5.74, 6) is -2.41. The standard InChI is InChI=1S/C11H15F2NO3/c1-8-9(17-7-6-16-8)10(15)14-4-2-11(12,13)3-5-14/h2-7H2,1H3. The van der Waals surface area contributed by atoms with Gasteiger partial charge in [0.05, 0.1) is 0 Å². The second-order valence-corrected chi connectivity index (χ2v) is 4.23. The summed E-state index contributed by atoms with van der Waals surface area (Å²) < 4.78 is 36.3. The molecule has 6 heteroatoms. The zero-order chi connectivity index (χ0) is 12.5. The number of alkyl halides is 2. The van der Waals surface area contributed by atoms with E-state index in [9.17, 15) is 13.6 Å². The molecular weight excluding hydrogens is 232 g/mol. The quantitative estimate of drug-likeness (QED) is 0.705. The van der Waals surface area contributed by atoms with E-state index >= 15 is 0 Å². The van der Waals surface area contributed by atoms with E-state index in [1.165, 1.54) is 4.90 Å². The average Bonchev–Trinajstić information content (AvgIpc) is 2.29. The average molecular weight is 247 g/mol. The number of nitrogens with zero attached hydrogens (tertiary/aromatic N) is 1. The molecule has 0 aromatic heterocycles. The first-order valence-corrected chi connectivity index (χ1v) is 5.63. The Balaban J connectivity index is 2.01. The van der Waals surface area contributed by atoms with Crippen LogP contribution in [0.3, 0.4) is 0 Å². The summed E-state index contributed by atoms with van der Waals surface area (Å²) >= 11 is 0. The fraction of sp³-hybridized carbons (Fsp3) is 0.727. The molecule has 4 nitrogen and oxygen atoms in total. The lowest BCUT2D eigenvalue weighted by Gasteiger charge is -2.33. The Bertz CT molecular complexity index is 345. The molecule has 0 unspecified atom stereocenters. The van der Waals surface area contributed by atoms with Crippen LogP contribution in [0.5, 0.6) is 0 Å². The van der Waals surface area contributed by atoms with Crippen LogP contribution in [-0.4, -0.2) is 43.0 Å². The molecule has 2 heterocycles. The van der Waals surface area contributed by atoms with E-state index < -0.39 is 5.92 Å². The minimum absolute atomic E-state index is 0.0615. The van der Waals surface area contributed by atoms with Crippen molar-refractivity contribution in [2.24, 2.45) is 0 Å². The molecule has 0 aromatic rings. The molecule has 96 valence electrons. The minimum atomic E-state index is -2.65. The van der Waals surface area contributed by atoms with E-state index in [0.717, 1.165) is 0 Å². The second-order valence-electron chi connectivity index (χ2n) is 4.23. The highest BCUT2D eigenvalue weighted by atomic mass is 19.3. The summed E-state index contributed by atoms with van der Waals surface area (Å²) in [6.45, 7) is 2.51. The number of halogens is 2. The number of amides is 1. The molecule has 17 heavy (non-hydrogen) atoms. The van der Waals surface area contributed by atoms with Gasteiger partial charge in [0.15, 0.2) is 0 Å². The smallest absolute Gasteiger partial charge is 0.292 e. The molecule has 2 aliphatic rings. The Kier molecular flexibility index (Phi) is 3.22. The van der Waals surface area contributed by atoms with Gasteiger partial charge in [0.2, 0.25) is 5.76 Å². The summed E-state index contributed by atoms with van der Waals surface area (Å²) in [6, 6.07) is 0. The maximum Gasteiger partial charge on any atom is 0.292 e. The van der Waals surface area contributed by atoms with E-state index in [1.807, 2.05) is 0 Å². The number of hydrogen-bond donors (Lipinski definition) is 0. The zero-order valence-corrected chi connectivity index (χ0v) is 9.67. The van der Waals surface area contributed by atoms with Crippen molar-refractivity contribution in [2.75, 3.05) is 26.3 Å². The van der Waals surface area contributed by atoms with Gasteiger partial charge in [-0.15, -0.1) is 0 Å². The summed E-state index contributed by atoms with van der Waals surface area (Å²) in [6.07, 6.45) is -0.572. The van der Waals surface area contributed by atoms with Gasteiger partial charge in [-0.3, -0.25) is 4.79 Å². The predicted molar refractivity (Wildman–Crippen MR) is 55.4 cm³/mol. The first-order chi connectivity index (χ1) is 7.99. The topological polar surface area (TPSA) is 38.8 Å². The summed E-state index contributed by atoms with van der Waals surface area (Å²) in [5.41, 5.74) is 0. The van der Waals surface area contributed by atoms with Crippen molar-refractivity contribution < 1.29 is 23.0 Å². The van der Waals surface area contributed by atoms with Crippen LogP contribution in [0.1, 0.15) is 19.8 Å². The predicted octanol–water partition coefficient (Wildman–Crippen LogP) is 1.52. The van der Waals surface area contributed by atoms with Gasteiger partial charge in [-0.05, 0) is 6.92 Å². The number of carbonyl (C=O) groups is 1. The number of hydrogen-bond acceptors (Lipinski definition) is 3. The number of piperidine rings is 1. The molecule has 2 aliphatic heterocycles. The summed E-state index contributed by atoms with van der Waals surface area (Å²) in [5, 5.41) is 0. The van der Waals surface area contributed by atoms with Gasteiger partial charge in [0.25, 0.3) is 11.8 Å². The van der Waals surface area contributed by atoms with Crippen molar-refractivity contribution in [2.45, 2.75) is 25.7 Å². The fourth-order valence-corrected chi connectivity index (χ4v) is 1.90. The van der Waals surface area contributed by atoms with Gasteiger partial charge in [0, 0.05) is 25.9 Å². The van der Waals surface area contributed by atoms with Gasteiger partial charge in [0.1, 0.15) is 19.0 Å². The fourth-order valence-electron chi connectivity index (χ4n) is 1.90. The molecule has 1 fully saturated rings. The van der Waals surface area contributed by atoms with Crippen molar-refractivity contribution in [3.05, 3.63) is 11.5 Å². The van der Waals surface area contributed by atoms with Gasteiger partial charge in [-0.25, -0.2) is 8.78 Å². The molecule has 0 atom stereocenters. The van der Waals surface area contributed by atoms with Crippen LogP contribution in [0, 0.1) is 0 Å². The van der Waals surface area contributed by atoms with Crippen molar-refractivity contribution in [1.82, 2.24) is 4.90 Å². The van der Waals surface area contributed by atoms with Crippen LogP contribution < -0.4 is 0 Å². The normalized spacial score (nSPS) is 24.1. The van der Waals surface area contributed by atoms with Crippen LogP contribution in [-0.2, 0) is 14.3 Å². The van der Waals surface area contributed by atoms with Crippen molar-refractivity contribution in [3.8, 4) is 0 Å². The molecule has 2 rings (SSSR count). The van der Waals surface area contributed by atoms with Gasteiger partial charge in [-0.2, -0.15) is 0 Å². The van der Waals surface area contributed by atoms with Crippen molar-refractivity contribution in [3.63, 3.8) is 0 Å². The summed E-state index contributed by atoms with van der Waals surface area (Å²) in [4.78, 5) is 13.4. The lowest BCUT2D eigenvalue weighted by Crippen LogP contribution is -2.44. The third-order valence-electron chi connectivity index (χ3n) is 2.94. The molecule has 0 aliphatic carbocycles. The Morgan fingerprint density at radius 2 is 1.82 bits per heavy atom. The number of rotatable bonds is 1. The SMILES string of the molecule is CC1=C(C(=O)N2CCC(F)(F)CC2)OCCO1. The molecule has 0 aromatic carbocycles. The Hall–Kier alpha value is -1.33. The highest BCUT2D eigenvalue weighted by Crippen LogP contribution is 2.29. The van der Waals surface area contributed by atoms with E-state index in [1.54, 1.807) is 6.92 Å². The van der Waals surface area contributed by atoms with E-state index in [2.05, 4.69) is 0 Å². The maximum atomic E-state index is 13.0. The number of likely N-dealkylation sites (tertiary alicyclic amines) is 1. The maximum absolute atomic E-state index is 13.0. The third-order valence-corrected chi connectivity index (χ3v) is 2.94. The van der Waals surface area contributed by atoms with Crippen LogP contribution >= 0.6 is 0 Å². The highest BCUT2D eigenvalue weighted by molar-refractivity contribution is 5.92. The van der Waals surface area contributed by atoms with Crippen LogP contribution in [0.2, 0.25) is 0 Å². The molecule has 0 radical (unpaired) electrons. The third kappa shape index (κ3) is 2.68. The molecular formula is C11H15F2NO3. The molecule has 1 amide bonds. The first-order valence-electron chi connectivity index (χ1n) is 5.63. The van der Waals surface area contributed by atoms with Gasteiger partial charge in [-0.1, -0.05) is 0 Å². The first kappa shape index (κ1) is 12.1. The second kappa shape index (κ2) is 4.50. The van der Waals surface area contributed by atoms with Gasteiger partial charge < -0.3 is 14.4 Å². The number of carbonyl (C=O) groups excluding carboxylic acids is 1. The molecule has 1 saturated heterocycles. The van der Waals surface area contributed by atoms with E-state index in [0.29, 0.717) is 19.0 Å². The van der Waals surface area contributed by atoms with Crippen LogP contribution in [0.4, 0.5) is 8.78 Å². The number of allylic oxidation sites excluding steroid dienone is 1. The zero-order valence-electron chi connectivity index (χ0n) is 9.67. The molecule has 0 N–H and O–H groups in total. The Morgan fingerprint density at radius 1 is 1.24 bits per heavy atom. The minimum Gasteiger partial charge on any atom is -0.491 e. The van der Waals surface area contributed by atoms with E-state index in [-0.39, 0.29) is 37.6 Å². The largest absolute Gasteiger partial charge is 0.491 e. The van der Waals surface area contributed by atoms with E-state index in [4.69, 9.17) is 9.47 Å². The lowest BCUT2D eigenvalue weighted by molar-refractivity contribution is -0.138. The Morgan fingerprint density at radius 3 is 2.41 bits per heavy atom. The summed E-state index contributed by atoms with van der Waals surface area (Å²) in [7, 11) is 0.